The molecule has 0 fully saturated rings. The van der Waals surface area contributed by atoms with Crippen LogP contribution in [0.5, 0.6) is 0 Å². The van der Waals surface area contributed by atoms with Crippen LogP contribution >= 0.6 is 0 Å². The van der Waals surface area contributed by atoms with Crippen molar-refractivity contribution in [2.75, 3.05) is 0 Å². The van der Waals surface area contributed by atoms with Crippen molar-refractivity contribution in [2.45, 2.75) is 26.2 Å². The minimum Gasteiger partial charge on any atom is -0.252 e. The Kier molecular flexibility index (Phi) is 5.16. The SMILES string of the molecule is [C-]#[N+]c1cccc(-c2cccc(C(C)(C)c3cccc(-c4cccc(C)c4)n3)n2)c1. The van der Waals surface area contributed by atoms with E-state index in [4.69, 9.17) is 16.5 Å². The predicted octanol–water partition coefficient (Wildman–Crippen LogP) is 7.00. The van der Waals surface area contributed by atoms with E-state index in [-0.39, 0.29) is 5.41 Å². The molecule has 0 radical (unpaired) electrons. The molecule has 4 aromatic rings. The van der Waals surface area contributed by atoms with Crippen LogP contribution in [0.15, 0.2) is 84.9 Å². The molecule has 0 N–H and O–H groups in total. The lowest BCUT2D eigenvalue weighted by atomic mass is 9.84. The maximum atomic E-state index is 7.26. The molecule has 0 aliphatic rings. The maximum absolute atomic E-state index is 7.26. The Morgan fingerprint density at radius 1 is 0.700 bits per heavy atom. The van der Waals surface area contributed by atoms with E-state index in [1.165, 1.54) is 5.56 Å². The van der Waals surface area contributed by atoms with Crippen molar-refractivity contribution in [3.05, 3.63) is 113 Å². The second kappa shape index (κ2) is 7.93. The first-order valence-corrected chi connectivity index (χ1v) is 9.97. The summed E-state index contributed by atoms with van der Waals surface area (Å²) < 4.78 is 0. The lowest BCUT2D eigenvalue weighted by molar-refractivity contribution is 0.597. The van der Waals surface area contributed by atoms with Gasteiger partial charge in [-0.3, -0.25) is 9.97 Å². The number of aryl methyl sites for hydroxylation is 1. The van der Waals surface area contributed by atoms with Gasteiger partial charge in [-0.05, 0) is 62.7 Å². The van der Waals surface area contributed by atoms with Crippen molar-refractivity contribution in [2.24, 2.45) is 0 Å². The third kappa shape index (κ3) is 3.86. The Morgan fingerprint density at radius 3 is 1.80 bits per heavy atom. The van der Waals surface area contributed by atoms with Gasteiger partial charge in [-0.15, -0.1) is 0 Å². The first-order valence-electron chi connectivity index (χ1n) is 9.97. The molecule has 3 heteroatoms. The Hall–Kier alpha value is -3.77. The molecule has 0 bridgehead atoms. The Bertz CT molecular complexity index is 1250. The standard InChI is InChI=1S/C27H23N3/c1-19-9-5-10-20(17-19)23-13-7-15-25(29-23)27(2,3)26-16-8-14-24(30-26)21-11-6-12-22(18-21)28-4/h5-18H,1-3H3. The van der Waals surface area contributed by atoms with Gasteiger partial charge in [0, 0.05) is 11.0 Å². The largest absolute Gasteiger partial charge is 0.252 e. The third-order valence-corrected chi connectivity index (χ3v) is 5.36. The fraction of sp³-hybridized carbons (Fsp3) is 0.148. The van der Waals surface area contributed by atoms with Gasteiger partial charge in [0.15, 0.2) is 5.69 Å². The zero-order chi connectivity index (χ0) is 21.1. The summed E-state index contributed by atoms with van der Waals surface area (Å²) in [5.41, 5.74) is 7.27. The van der Waals surface area contributed by atoms with Gasteiger partial charge in [0.1, 0.15) is 0 Å². The fourth-order valence-electron chi connectivity index (χ4n) is 3.56. The van der Waals surface area contributed by atoms with Crippen LogP contribution in [0.25, 0.3) is 27.4 Å². The highest BCUT2D eigenvalue weighted by atomic mass is 14.8. The topological polar surface area (TPSA) is 30.1 Å². The summed E-state index contributed by atoms with van der Waals surface area (Å²) in [6.45, 7) is 13.6. The molecular weight excluding hydrogens is 366 g/mol. The Morgan fingerprint density at radius 2 is 1.23 bits per heavy atom. The van der Waals surface area contributed by atoms with E-state index in [0.29, 0.717) is 5.69 Å². The summed E-state index contributed by atoms with van der Waals surface area (Å²) >= 11 is 0. The normalized spacial score (nSPS) is 11.1. The van der Waals surface area contributed by atoms with Crippen molar-refractivity contribution in [1.29, 1.82) is 0 Å². The minimum atomic E-state index is -0.368. The molecule has 4 rings (SSSR count). The summed E-state index contributed by atoms with van der Waals surface area (Å²) in [6.07, 6.45) is 0. The highest BCUT2D eigenvalue weighted by Crippen LogP contribution is 2.32. The average Bonchev–Trinajstić information content (AvgIpc) is 2.79. The molecular formula is C27H23N3. The van der Waals surface area contributed by atoms with Gasteiger partial charge in [-0.1, -0.05) is 54.1 Å². The maximum Gasteiger partial charge on any atom is 0.187 e. The molecule has 0 amide bonds. The third-order valence-electron chi connectivity index (χ3n) is 5.36. The van der Waals surface area contributed by atoms with E-state index in [1.54, 1.807) is 0 Å². The van der Waals surface area contributed by atoms with Crippen molar-refractivity contribution in [3.8, 4) is 22.5 Å². The van der Waals surface area contributed by atoms with E-state index >= 15 is 0 Å². The van der Waals surface area contributed by atoms with Crippen LogP contribution in [0.1, 0.15) is 30.8 Å². The highest BCUT2D eigenvalue weighted by Gasteiger charge is 2.27. The Balaban J connectivity index is 1.74. The molecule has 146 valence electrons. The second-order valence-corrected chi connectivity index (χ2v) is 7.97. The predicted molar refractivity (Wildman–Crippen MR) is 122 cm³/mol. The van der Waals surface area contributed by atoms with E-state index in [0.717, 1.165) is 33.9 Å². The molecule has 0 unspecified atom stereocenters. The lowest BCUT2D eigenvalue weighted by Crippen LogP contribution is -2.22. The monoisotopic (exact) mass is 389 g/mol. The molecule has 3 nitrogen and oxygen atoms in total. The van der Waals surface area contributed by atoms with Gasteiger partial charge in [0.05, 0.1) is 29.3 Å². The van der Waals surface area contributed by atoms with Crippen molar-refractivity contribution < 1.29 is 0 Å². The van der Waals surface area contributed by atoms with Gasteiger partial charge >= 0.3 is 0 Å². The number of benzene rings is 2. The molecule has 2 aromatic carbocycles. The first kappa shape index (κ1) is 19.5. The van der Waals surface area contributed by atoms with Crippen molar-refractivity contribution in [3.63, 3.8) is 0 Å². The number of pyridine rings is 2. The smallest absolute Gasteiger partial charge is 0.187 e. The number of hydrogen-bond donors (Lipinski definition) is 0. The minimum absolute atomic E-state index is 0.368. The van der Waals surface area contributed by atoms with Gasteiger partial charge in [-0.2, -0.15) is 0 Å². The van der Waals surface area contributed by atoms with Gasteiger partial charge in [0.25, 0.3) is 0 Å². The van der Waals surface area contributed by atoms with Crippen LogP contribution in [0.4, 0.5) is 5.69 Å². The summed E-state index contributed by atoms with van der Waals surface area (Å²) in [5, 5.41) is 0. The highest BCUT2D eigenvalue weighted by molar-refractivity contribution is 5.66. The Labute approximate surface area is 177 Å². The average molecular weight is 390 g/mol. The van der Waals surface area contributed by atoms with Crippen LogP contribution < -0.4 is 0 Å². The van der Waals surface area contributed by atoms with Gasteiger partial charge in [-0.25, -0.2) is 4.85 Å². The van der Waals surface area contributed by atoms with Crippen LogP contribution in [-0.2, 0) is 5.41 Å². The van der Waals surface area contributed by atoms with E-state index in [2.05, 4.69) is 62.0 Å². The van der Waals surface area contributed by atoms with Crippen LogP contribution in [0.2, 0.25) is 0 Å². The molecule has 30 heavy (non-hydrogen) atoms. The van der Waals surface area contributed by atoms with Crippen molar-refractivity contribution >= 4 is 5.69 Å². The molecule has 2 heterocycles. The quantitative estimate of drug-likeness (QED) is 0.352. The summed E-state index contributed by atoms with van der Waals surface area (Å²) in [6, 6.07) is 28.2. The van der Waals surface area contributed by atoms with Gasteiger partial charge in [0.2, 0.25) is 0 Å². The van der Waals surface area contributed by atoms with Crippen LogP contribution in [0.3, 0.4) is 0 Å². The molecule has 0 spiro atoms. The van der Waals surface area contributed by atoms with E-state index in [9.17, 15) is 0 Å². The van der Waals surface area contributed by atoms with Crippen LogP contribution in [0, 0.1) is 13.5 Å². The van der Waals surface area contributed by atoms with E-state index in [1.807, 2.05) is 48.5 Å². The summed E-state index contributed by atoms with van der Waals surface area (Å²) in [4.78, 5) is 13.5. The fourth-order valence-corrected chi connectivity index (χ4v) is 3.56. The molecule has 0 saturated carbocycles. The zero-order valence-electron chi connectivity index (χ0n) is 17.4. The summed E-state index contributed by atoms with van der Waals surface area (Å²) in [7, 11) is 0. The number of nitrogens with zero attached hydrogens (tertiary/aromatic N) is 3. The first-order chi connectivity index (χ1) is 14.5. The molecule has 0 aliphatic carbocycles. The number of hydrogen-bond acceptors (Lipinski definition) is 2. The van der Waals surface area contributed by atoms with Crippen molar-refractivity contribution in [1.82, 2.24) is 9.97 Å². The number of rotatable bonds is 4. The molecule has 0 atom stereocenters. The second-order valence-electron chi connectivity index (χ2n) is 7.97. The number of aromatic nitrogens is 2. The molecule has 0 saturated heterocycles. The summed E-state index contributed by atoms with van der Waals surface area (Å²) in [5.74, 6) is 0. The lowest BCUT2D eigenvalue weighted by Gasteiger charge is -2.25. The van der Waals surface area contributed by atoms with Crippen LogP contribution in [-0.4, -0.2) is 9.97 Å². The van der Waals surface area contributed by atoms with Gasteiger partial charge < -0.3 is 0 Å². The van der Waals surface area contributed by atoms with E-state index < -0.39 is 0 Å². The molecule has 2 aromatic heterocycles. The zero-order valence-corrected chi connectivity index (χ0v) is 17.4. The molecule has 0 aliphatic heterocycles.